The highest BCUT2D eigenvalue weighted by Gasteiger charge is 2.38. The van der Waals surface area contributed by atoms with Crippen LogP contribution in [0, 0.1) is 0 Å². The number of carboxylic acid groups (broad SMARTS) is 1. The maximum Gasteiger partial charge on any atom is 0.305 e. The molecule has 2 rings (SSSR count). The fraction of sp³-hybridized carbons (Fsp3) is 0.529. The largest absolute Gasteiger partial charge is 0.481 e. The van der Waals surface area contributed by atoms with Gasteiger partial charge in [0.15, 0.2) is 0 Å². The number of carboxylic acids is 1. The number of hydrogen-bond donors (Lipinski definition) is 1. The van der Waals surface area contributed by atoms with Crippen molar-refractivity contribution in [2.75, 3.05) is 6.54 Å². The number of amides is 1. The van der Waals surface area contributed by atoms with Gasteiger partial charge in [0.25, 0.3) is 0 Å². The summed E-state index contributed by atoms with van der Waals surface area (Å²) in [6, 6.07) is 9.51. The lowest BCUT2D eigenvalue weighted by molar-refractivity contribution is -0.144. The third-order valence-electron chi connectivity index (χ3n) is 4.33. The molecule has 114 valence electrons. The van der Waals surface area contributed by atoms with Gasteiger partial charge in [-0.2, -0.15) is 0 Å². The maximum absolute atomic E-state index is 12.9. The molecule has 1 atom stereocenters. The Hall–Kier alpha value is -1.84. The molecule has 1 saturated heterocycles. The molecule has 1 aromatic rings. The Morgan fingerprint density at radius 1 is 1.24 bits per heavy atom. The second-order valence-corrected chi connectivity index (χ2v) is 6.24. The van der Waals surface area contributed by atoms with Crippen molar-refractivity contribution in [3.8, 4) is 0 Å². The number of rotatable bonds is 4. The first-order chi connectivity index (χ1) is 9.93. The molecule has 1 aliphatic heterocycles. The van der Waals surface area contributed by atoms with E-state index in [1.165, 1.54) is 0 Å². The van der Waals surface area contributed by atoms with Crippen molar-refractivity contribution in [3.05, 3.63) is 35.9 Å². The number of likely N-dealkylation sites (tertiary alicyclic amines) is 1. The van der Waals surface area contributed by atoms with Crippen LogP contribution in [0.25, 0.3) is 0 Å². The predicted molar refractivity (Wildman–Crippen MR) is 81.1 cm³/mol. The van der Waals surface area contributed by atoms with Gasteiger partial charge >= 0.3 is 5.97 Å². The maximum atomic E-state index is 12.9. The Morgan fingerprint density at radius 3 is 2.52 bits per heavy atom. The summed E-state index contributed by atoms with van der Waals surface area (Å²) in [6.45, 7) is 4.49. The smallest absolute Gasteiger partial charge is 0.305 e. The molecule has 0 radical (unpaired) electrons. The van der Waals surface area contributed by atoms with Crippen LogP contribution in [0.15, 0.2) is 30.3 Å². The first-order valence-electron chi connectivity index (χ1n) is 7.51. The number of aliphatic carboxylic acids is 1. The van der Waals surface area contributed by atoms with E-state index in [2.05, 4.69) is 0 Å². The second kappa shape index (κ2) is 6.29. The highest BCUT2D eigenvalue weighted by molar-refractivity contribution is 5.88. The molecule has 0 aliphatic carbocycles. The van der Waals surface area contributed by atoms with Crippen molar-refractivity contribution < 1.29 is 14.7 Å². The van der Waals surface area contributed by atoms with E-state index in [-0.39, 0.29) is 18.4 Å². The Balaban J connectivity index is 2.22. The number of carbonyl (C=O) groups is 2. The summed E-state index contributed by atoms with van der Waals surface area (Å²) < 4.78 is 0. The minimum absolute atomic E-state index is 0.0275. The summed E-state index contributed by atoms with van der Waals surface area (Å²) in [4.78, 5) is 25.7. The number of hydrogen-bond acceptors (Lipinski definition) is 2. The average molecular weight is 289 g/mol. The molecule has 4 heteroatoms. The second-order valence-electron chi connectivity index (χ2n) is 6.24. The average Bonchev–Trinajstić information content (AvgIpc) is 2.47. The van der Waals surface area contributed by atoms with Crippen LogP contribution in [-0.4, -0.2) is 34.5 Å². The quantitative estimate of drug-likeness (QED) is 0.927. The number of piperidine rings is 1. The van der Waals surface area contributed by atoms with Gasteiger partial charge in [-0.05, 0) is 38.7 Å². The molecule has 1 fully saturated rings. The fourth-order valence-corrected chi connectivity index (χ4v) is 3.02. The van der Waals surface area contributed by atoms with Crippen LogP contribution < -0.4 is 0 Å². The topological polar surface area (TPSA) is 57.6 Å². The number of nitrogens with zero attached hydrogens (tertiary/aromatic N) is 1. The molecule has 0 spiro atoms. The van der Waals surface area contributed by atoms with E-state index in [9.17, 15) is 9.59 Å². The summed E-state index contributed by atoms with van der Waals surface area (Å²) >= 11 is 0. The molecule has 0 bridgehead atoms. The van der Waals surface area contributed by atoms with Gasteiger partial charge in [-0.1, -0.05) is 30.3 Å². The van der Waals surface area contributed by atoms with Gasteiger partial charge in [-0.15, -0.1) is 0 Å². The summed E-state index contributed by atoms with van der Waals surface area (Å²) in [7, 11) is 0. The Labute approximate surface area is 125 Å². The number of carbonyl (C=O) groups excluding carboxylic acids is 1. The van der Waals surface area contributed by atoms with E-state index in [0.29, 0.717) is 6.54 Å². The van der Waals surface area contributed by atoms with E-state index < -0.39 is 11.4 Å². The summed E-state index contributed by atoms with van der Waals surface area (Å²) in [6.07, 6.45) is 2.76. The molecule has 1 N–H and O–H groups in total. The Kier molecular flexibility index (Phi) is 4.66. The Morgan fingerprint density at radius 2 is 1.90 bits per heavy atom. The van der Waals surface area contributed by atoms with Crippen molar-refractivity contribution in [2.24, 2.45) is 0 Å². The van der Waals surface area contributed by atoms with Gasteiger partial charge in [0.2, 0.25) is 5.91 Å². The van der Waals surface area contributed by atoms with Crippen LogP contribution in [0.4, 0.5) is 0 Å². The minimum Gasteiger partial charge on any atom is -0.481 e. The molecule has 1 aromatic carbocycles. The SMILES string of the molecule is CC(C)(C(=O)N1CCCCC1CC(=O)O)c1ccccc1. The van der Waals surface area contributed by atoms with Crippen molar-refractivity contribution in [1.82, 2.24) is 4.90 Å². The zero-order valence-corrected chi connectivity index (χ0v) is 12.7. The molecule has 4 nitrogen and oxygen atoms in total. The van der Waals surface area contributed by atoms with Crippen molar-refractivity contribution >= 4 is 11.9 Å². The molecular weight excluding hydrogens is 266 g/mol. The summed E-state index contributed by atoms with van der Waals surface area (Å²) in [5, 5.41) is 9.05. The van der Waals surface area contributed by atoms with E-state index in [1.54, 1.807) is 4.90 Å². The molecule has 0 aromatic heterocycles. The molecule has 1 aliphatic rings. The normalized spacial score (nSPS) is 19.3. The van der Waals surface area contributed by atoms with Crippen LogP contribution >= 0.6 is 0 Å². The van der Waals surface area contributed by atoms with Crippen LogP contribution in [-0.2, 0) is 15.0 Å². The van der Waals surface area contributed by atoms with Crippen LogP contribution in [0.3, 0.4) is 0 Å². The fourth-order valence-electron chi connectivity index (χ4n) is 3.02. The van der Waals surface area contributed by atoms with Gasteiger partial charge in [0.1, 0.15) is 0 Å². The van der Waals surface area contributed by atoms with Crippen molar-refractivity contribution in [1.29, 1.82) is 0 Å². The molecule has 0 saturated carbocycles. The third kappa shape index (κ3) is 3.43. The lowest BCUT2D eigenvalue weighted by atomic mass is 9.82. The summed E-state index contributed by atoms with van der Waals surface area (Å²) in [5.41, 5.74) is 0.338. The van der Waals surface area contributed by atoms with E-state index in [0.717, 1.165) is 24.8 Å². The predicted octanol–water partition coefficient (Wildman–Crippen LogP) is 2.82. The van der Waals surface area contributed by atoms with E-state index >= 15 is 0 Å². The van der Waals surface area contributed by atoms with Gasteiger partial charge < -0.3 is 10.0 Å². The third-order valence-corrected chi connectivity index (χ3v) is 4.33. The Bertz CT molecular complexity index is 510. The standard InChI is InChI=1S/C17H23NO3/c1-17(2,13-8-4-3-5-9-13)16(21)18-11-7-6-10-14(18)12-15(19)20/h3-5,8-9,14H,6-7,10-12H2,1-2H3,(H,19,20). The van der Waals surface area contributed by atoms with Gasteiger partial charge in [0, 0.05) is 12.6 Å². The van der Waals surface area contributed by atoms with Gasteiger partial charge in [-0.25, -0.2) is 0 Å². The molecule has 1 unspecified atom stereocenters. The zero-order chi connectivity index (χ0) is 15.5. The minimum atomic E-state index is -0.836. The van der Waals surface area contributed by atoms with Crippen LogP contribution in [0.5, 0.6) is 0 Å². The van der Waals surface area contributed by atoms with Crippen molar-refractivity contribution in [3.63, 3.8) is 0 Å². The first-order valence-corrected chi connectivity index (χ1v) is 7.51. The first kappa shape index (κ1) is 15.5. The molecule has 1 amide bonds. The van der Waals surface area contributed by atoms with Crippen molar-refractivity contribution in [2.45, 2.75) is 51.0 Å². The molecule has 21 heavy (non-hydrogen) atoms. The van der Waals surface area contributed by atoms with E-state index in [1.807, 2.05) is 44.2 Å². The van der Waals surface area contributed by atoms with Gasteiger partial charge in [0.05, 0.1) is 11.8 Å². The van der Waals surface area contributed by atoms with E-state index in [4.69, 9.17) is 5.11 Å². The molecular formula is C17H23NO3. The van der Waals surface area contributed by atoms with Crippen LogP contribution in [0.1, 0.15) is 45.1 Å². The summed E-state index contributed by atoms with van der Waals surface area (Å²) in [5.74, 6) is -0.808. The lowest BCUT2D eigenvalue weighted by Crippen LogP contribution is -2.51. The monoisotopic (exact) mass is 289 g/mol. The zero-order valence-electron chi connectivity index (χ0n) is 12.7. The highest BCUT2D eigenvalue weighted by atomic mass is 16.4. The highest BCUT2D eigenvalue weighted by Crippen LogP contribution is 2.30. The lowest BCUT2D eigenvalue weighted by Gasteiger charge is -2.40. The molecule has 1 heterocycles. The number of benzene rings is 1. The van der Waals surface area contributed by atoms with Gasteiger partial charge in [-0.3, -0.25) is 9.59 Å². The van der Waals surface area contributed by atoms with Crippen LogP contribution in [0.2, 0.25) is 0 Å².